The molecule has 0 aliphatic carbocycles. The van der Waals surface area contributed by atoms with E-state index < -0.39 is 0 Å². The molecular formula is C16H20N2O3S. The molecule has 0 aliphatic heterocycles. The molecule has 118 valence electrons. The van der Waals surface area contributed by atoms with Gasteiger partial charge in [-0.05, 0) is 30.5 Å². The molecule has 0 atom stereocenters. The van der Waals surface area contributed by atoms with E-state index in [1.54, 1.807) is 41.7 Å². The molecule has 22 heavy (non-hydrogen) atoms. The van der Waals surface area contributed by atoms with E-state index in [9.17, 15) is 4.79 Å². The first-order chi connectivity index (χ1) is 10.8. The molecule has 2 aromatic heterocycles. The van der Waals surface area contributed by atoms with E-state index in [1.807, 2.05) is 24.4 Å². The first-order valence-electron chi connectivity index (χ1n) is 7.14. The molecule has 0 aliphatic rings. The molecule has 0 spiro atoms. The number of methoxy groups -OCH3 is 1. The highest BCUT2D eigenvalue weighted by Crippen LogP contribution is 2.19. The summed E-state index contributed by atoms with van der Waals surface area (Å²) in [4.78, 5) is 19.9. The fraction of sp³-hybridized carbons (Fsp3) is 0.375. The first kappa shape index (κ1) is 16.5. The van der Waals surface area contributed by atoms with Crippen LogP contribution in [-0.2, 0) is 11.3 Å². The number of hydrogen-bond donors (Lipinski definition) is 0. The molecule has 5 nitrogen and oxygen atoms in total. The maximum absolute atomic E-state index is 12.8. The summed E-state index contributed by atoms with van der Waals surface area (Å²) in [6.45, 7) is 3.91. The van der Waals surface area contributed by atoms with E-state index in [0.717, 1.165) is 4.88 Å². The quantitative estimate of drug-likeness (QED) is 0.750. The molecule has 2 rings (SSSR count). The van der Waals surface area contributed by atoms with E-state index >= 15 is 0 Å². The zero-order valence-electron chi connectivity index (χ0n) is 12.8. The van der Waals surface area contributed by atoms with Crippen molar-refractivity contribution in [2.24, 2.45) is 0 Å². The molecular weight excluding hydrogens is 300 g/mol. The second kappa shape index (κ2) is 8.51. The second-order valence-electron chi connectivity index (χ2n) is 4.59. The number of aromatic nitrogens is 1. The summed E-state index contributed by atoms with van der Waals surface area (Å²) in [5.74, 6) is 0.283. The number of hydrogen-bond acceptors (Lipinski definition) is 5. The van der Waals surface area contributed by atoms with Crippen molar-refractivity contribution in [1.29, 1.82) is 0 Å². The number of ether oxygens (including phenoxy) is 2. The third-order valence-electron chi connectivity index (χ3n) is 3.06. The highest BCUT2D eigenvalue weighted by molar-refractivity contribution is 7.09. The molecule has 0 radical (unpaired) electrons. The average molecular weight is 320 g/mol. The Kier molecular flexibility index (Phi) is 6.36. The third-order valence-corrected chi connectivity index (χ3v) is 3.92. The lowest BCUT2D eigenvalue weighted by Crippen LogP contribution is -2.33. The fourth-order valence-corrected chi connectivity index (χ4v) is 2.74. The number of carbonyl (C=O) groups is 1. The lowest BCUT2D eigenvalue weighted by Gasteiger charge is -2.22. The van der Waals surface area contributed by atoms with Gasteiger partial charge in [-0.15, -0.1) is 11.3 Å². The third kappa shape index (κ3) is 4.29. The van der Waals surface area contributed by atoms with Crippen LogP contribution in [-0.4, -0.2) is 42.7 Å². The minimum atomic E-state index is -0.0954. The highest BCUT2D eigenvalue weighted by atomic mass is 32.1. The smallest absolute Gasteiger partial charge is 0.259 e. The van der Waals surface area contributed by atoms with Crippen LogP contribution in [0, 0.1) is 0 Å². The SMILES string of the molecule is CCOc1ncccc1C(=O)N(CCOC)Cc1cccs1. The first-order valence-corrected chi connectivity index (χ1v) is 8.02. The van der Waals surface area contributed by atoms with Crippen molar-refractivity contribution in [3.05, 3.63) is 46.3 Å². The molecule has 0 N–H and O–H groups in total. The van der Waals surface area contributed by atoms with Crippen molar-refractivity contribution in [2.75, 3.05) is 26.9 Å². The monoisotopic (exact) mass is 320 g/mol. The van der Waals surface area contributed by atoms with Crippen LogP contribution in [0.2, 0.25) is 0 Å². The molecule has 0 bridgehead atoms. The summed E-state index contributed by atoms with van der Waals surface area (Å²) in [6, 6.07) is 7.49. The van der Waals surface area contributed by atoms with Crippen LogP contribution in [0.3, 0.4) is 0 Å². The number of nitrogens with zero attached hydrogens (tertiary/aromatic N) is 2. The molecule has 0 fully saturated rings. The Morgan fingerprint density at radius 2 is 2.23 bits per heavy atom. The minimum Gasteiger partial charge on any atom is -0.477 e. The van der Waals surface area contributed by atoms with E-state index in [-0.39, 0.29) is 5.91 Å². The van der Waals surface area contributed by atoms with Gasteiger partial charge in [0.15, 0.2) is 0 Å². The van der Waals surface area contributed by atoms with Gasteiger partial charge < -0.3 is 14.4 Å². The van der Waals surface area contributed by atoms with Crippen molar-refractivity contribution in [1.82, 2.24) is 9.88 Å². The van der Waals surface area contributed by atoms with Gasteiger partial charge in [0.1, 0.15) is 5.56 Å². The van der Waals surface area contributed by atoms with Gasteiger partial charge in [0.05, 0.1) is 19.8 Å². The van der Waals surface area contributed by atoms with Crippen LogP contribution in [0.25, 0.3) is 0 Å². The highest BCUT2D eigenvalue weighted by Gasteiger charge is 2.20. The van der Waals surface area contributed by atoms with Crippen LogP contribution in [0.4, 0.5) is 0 Å². The van der Waals surface area contributed by atoms with Crippen molar-refractivity contribution in [2.45, 2.75) is 13.5 Å². The van der Waals surface area contributed by atoms with E-state index in [1.165, 1.54) is 0 Å². The van der Waals surface area contributed by atoms with E-state index in [4.69, 9.17) is 9.47 Å². The average Bonchev–Trinajstić information content (AvgIpc) is 3.05. The summed E-state index contributed by atoms with van der Waals surface area (Å²) in [5.41, 5.74) is 0.483. The number of carbonyl (C=O) groups excluding carboxylic acids is 1. The summed E-state index contributed by atoms with van der Waals surface area (Å²) in [6.07, 6.45) is 1.63. The normalized spacial score (nSPS) is 10.5. The standard InChI is InChI=1S/C16H20N2O3S/c1-3-21-15-14(7-4-8-17-15)16(19)18(9-10-20-2)12-13-6-5-11-22-13/h4-8,11H,3,9-10,12H2,1-2H3. The lowest BCUT2D eigenvalue weighted by molar-refractivity contribution is 0.0677. The van der Waals surface area contributed by atoms with Crippen molar-refractivity contribution in [3.63, 3.8) is 0 Å². The van der Waals surface area contributed by atoms with Crippen LogP contribution in [0.15, 0.2) is 35.8 Å². The summed E-state index contributed by atoms with van der Waals surface area (Å²) >= 11 is 1.63. The van der Waals surface area contributed by atoms with Gasteiger partial charge in [-0.25, -0.2) is 4.98 Å². The van der Waals surface area contributed by atoms with Gasteiger partial charge in [0.25, 0.3) is 5.91 Å². The zero-order valence-corrected chi connectivity index (χ0v) is 13.6. The van der Waals surface area contributed by atoms with E-state index in [2.05, 4.69) is 4.98 Å². The molecule has 0 saturated carbocycles. The van der Waals surface area contributed by atoms with E-state index in [0.29, 0.717) is 37.7 Å². The Morgan fingerprint density at radius 3 is 2.91 bits per heavy atom. The van der Waals surface area contributed by atoms with Gasteiger partial charge in [-0.2, -0.15) is 0 Å². The number of rotatable bonds is 8. The Labute approximate surface area is 134 Å². The Balaban J connectivity index is 2.20. The van der Waals surface area contributed by atoms with Crippen molar-refractivity contribution >= 4 is 17.2 Å². The van der Waals surface area contributed by atoms with Crippen LogP contribution in [0.1, 0.15) is 22.2 Å². The van der Waals surface area contributed by atoms with Crippen LogP contribution < -0.4 is 4.74 Å². The van der Waals surface area contributed by atoms with Gasteiger partial charge in [-0.3, -0.25) is 4.79 Å². The second-order valence-corrected chi connectivity index (χ2v) is 5.62. The summed E-state index contributed by atoms with van der Waals surface area (Å²) in [7, 11) is 1.63. The topological polar surface area (TPSA) is 51.7 Å². The predicted molar refractivity (Wildman–Crippen MR) is 86.3 cm³/mol. The zero-order chi connectivity index (χ0) is 15.8. The summed E-state index contributed by atoms with van der Waals surface area (Å²) < 4.78 is 10.6. The largest absolute Gasteiger partial charge is 0.477 e. The fourth-order valence-electron chi connectivity index (χ4n) is 2.02. The molecule has 0 aromatic carbocycles. The van der Waals surface area contributed by atoms with Gasteiger partial charge in [-0.1, -0.05) is 6.07 Å². The molecule has 0 unspecified atom stereocenters. The number of thiophene rings is 1. The molecule has 6 heteroatoms. The number of pyridine rings is 1. The maximum atomic E-state index is 12.8. The minimum absolute atomic E-state index is 0.0954. The Morgan fingerprint density at radius 1 is 1.36 bits per heavy atom. The molecule has 1 amide bonds. The maximum Gasteiger partial charge on any atom is 0.259 e. The Bertz CT molecular complexity index is 587. The Hall–Kier alpha value is -1.92. The van der Waals surface area contributed by atoms with Crippen molar-refractivity contribution in [3.8, 4) is 5.88 Å². The van der Waals surface area contributed by atoms with Crippen LogP contribution in [0.5, 0.6) is 5.88 Å². The summed E-state index contributed by atoms with van der Waals surface area (Å²) in [5, 5.41) is 2.00. The van der Waals surface area contributed by atoms with Crippen LogP contribution >= 0.6 is 11.3 Å². The van der Waals surface area contributed by atoms with Gasteiger partial charge in [0.2, 0.25) is 5.88 Å². The van der Waals surface area contributed by atoms with Crippen molar-refractivity contribution < 1.29 is 14.3 Å². The molecule has 2 heterocycles. The van der Waals surface area contributed by atoms with Gasteiger partial charge >= 0.3 is 0 Å². The lowest BCUT2D eigenvalue weighted by atomic mass is 10.2. The molecule has 2 aromatic rings. The number of amides is 1. The molecule has 0 saturated heterocycles. The van der Waals surface area contributed by atoms with Gasteiger partial charge in [0, 0.05) is 24.7 Å². The predicted octanol–water partition coefficient (Wildman–Crippen LogP) is 2.83.